The SMILES string of the molecule is CCCCN(CCCC)Cc1c(O)ccc2c1O/C(=C/c1ccccc1C)C2=O. The van der Waals surface area contributed by atoms with Crippen LogP contribution in [-0.2, 0) is 6.54 Å². The molecule has 2 aromatic carbocycles. The fourth-order valence-electron chi connectivity index (χ4n) is 3.60. The molecule has 0 bridgehead atoms. The van der Waals surface area contributed by atoms with Crippen LogP contribution in [0, 0.1) is 6.92 Å². The van der Waals surface area contributed by atoms with Gasteiger partial charge in [-0.05, 0) is 62.2 Å². The van der Waals surface area contributed by atoms with Crippen LogP contribution in [0.1, 0.15) is 66.6 Å². The van der Waals surface area contributed by atoms with E-state index in [1.165, 1.54) is 0 Å². The molecule has 0 radical (unpaired) electrons. The first kappa shape index (κ1) is 21.1. The fourth-order valence-corrected chi connectivity index (χ4v) is 3.60. The maximum atomic E-state index is 12.9. The summed E-state index contributed by atoms with van der Waals surface area (Å²) in [6.07, 6.45) is 6.26. The van der Waals surface area contributed by atoms with E-state index in [1.807, 2.05) is 31.2 Å². The number of nitrogens with zero attached hydrogens (tertiary/aromatic N) is 1. The van der Waals surface area contributed by atoms with Crippen LogP contribution < -0.4 is 4.74 Å². The highest BCUT2D eigenvalue weighted by Gasteiger charge is 2.31. The average molecular weight is 394 g/mol. The molecule has 0 aromatic heterocycles. The van der Waals surface area contributed by atoms with Crippen molar-refractivity contribution in [2.24, 2.45) is 0 Å². The van der Waals surface area contributed by atoms with E-state index >= 15 is 0 Å². The number of phenols is 1. The Morgan fingerprint density at radius 3 is 2.38 bits per heavy atom. The fraction of sp³-hybridized carbons (Fsp3) is 0.400. The molecule has 1 heterocycles. The van der Waals surface area contributed by atoms with Crippen molar-refractivity contribution >= 4 is 11.9 Å². The van der Waals surface area contributed by atoms with E-state index in [2.05, 4.69) is 18.7 Å². The molecule has 29 heavy (non-hydrogen) atoms. The lowest BCUT2D eigenvalue weighted by Crippen LogP contribution is -2.25. The van der Waals surface area contributed by atoms with Gasteiger partial charge in [-0.1, -0.05) is 51.0 Å². The van der Waals surface area contributed by atoms with E-state index in [-0.39, 0.29) is 11.5 Å². The van der Waals surface area contributed by atoms with Gasteiger partial charge < -0.3 is 9.84 Å². The highest BCUT2D eigenvalue weighted by molar-refractivity contribution is 6.15. The maximum Gasteiger partial charge on any atom is 0.231 e. The van der Waals surface area contributed by atoms with E-state index in [0.29, 0.717) is 29.2 Å². The second-order valence-corrected chi connectivity index (χ2v) is 7.72. The Morgan fingerprint density at radius 2 is 1.72 bits per heavy atom. The van der Waals surface area contributed by atoms with Crippen LogP contribution in [0.15, 0.2) is 42.2 Å². The number of benzene rings is 2. The van der Waals surface area contributed by atoms with Crippen LogP contribution in [0.4, 0.5) is 0 Å². The number of hydrogen-bond donors (Lipinski definition) is 1. The second kappa shape index (κ2) is 9.75. The molecule has 0 fully saturated rings. The highest BCUT2D eigenvalue weighted by Crippen LogP contribution is 2.40. The number of carbonyl (C=O) groups is 1. The molecule has 1 aliphatic rings. The van der Waals surface area contributed by atoms with Crippen LogP contribution in [-0.4, -0.2) is 28.9 Å². The van der Waals surface area contributed by atoms with Crippen LogP contribution in [0.5, 0.6) is 11.5 Å². The third-order valence-electron chi connectivity index (χ3n) is 5.43. The van der Waals surface area contributed by atoms with Crippen LogP contribution in [0.2, 0.25) is 0 Å². The minimum Gasteiger partial charge on any atom is -0.507 e. The topological polar surface area (TPSA) is 49.8 Å². The summed E-state index contributed by atoms with van der Waals surface area (Å²) in [4.78, 5) is 15.3. The first-order chi connectivity index (χ1) is 14.0. The number of aromatic hydroxyl groups is 1. The lowest BCUT2D eigenvalue weighted by molar-refractivity contribution is 0.101. The van der Waals surface area contributed by atoms with E-state index in [4.69, 9.17) is 4.74 Å². The molecule has 154 valence electrons. The smallest absolute Gasteiger partial charge is 0.231 e. The molecule has 0 amide bonds. The molecule has 0 saturated carbocycles. The van der Waals surface area contributed by atoms with Gasteiger partial charge in [-0.2, -0.15) is 0 Å². The quantitative estimate of drug-likeness (QED) is 0.554. The van der Waals surface area contributed by atoms with Crippen molar-refractivity contribution in [2.45, 2.75) is 53.0 Å². The normalized spacial score (nSPS) is 14.5. The van der Waals surface area contributed by atoms with Gasteiger partial charge in [0, 0.05) is 6.54 Å². The van der Waals surface area contributed by atoms with Gasteiger partial charge in [0.2, 0.25) is 5.78 Å². The molecule has 1 aliphatic heterocycles. The second-order valence-electron chi connectivity index (χ2n) is 7.72. The van der Waals surface area contributed by atoms with E-state index in [1.54, 1.807) is 18.2 Å². The monoisotopic (exact) mass is 393 g/mol. The van der Waals surface area contributed by atoms with Crippen LogP contribution >= 0.6 is 0 Å². The molecular formula is C25H31NO3. The number of fused-ring (bicyclic) bond motifs is 1. The first-order valence-electron chi connectivity index (χ1n) is 10.6. The predicted molar refractivity (Wildman–Crippen MR) is 117 cm³/mol. The van der Waals surface area contributed by atoms with Crippen LogP contribution in [0.25, 0.3) is 6.08 Å². The molecule has 0 spiro atoms. The molecule has 0 unspecified atom stereocenters. The van der Waals surface area contributed by atoms with Crippen molar-refractivity contribution in [3.8, 4) is 11.5 Å². The zero-order valence-electron chi connectivity index (χ0n) is 17.7. The Kier molecular flexibility index (Phi) is 7.10. The Morgan fingerprint density at radius 1 is 1.03 bits per heavy atom. The maximum absolute atomic E-state index is 12.9. The van der Waals surface area contributed by atoms with E-state index in [0.717, 1.165) is 49.9 Å². The number of hydrogen-bond acceptors (Lipinski definition) is 4. The molecule has 4 nitrogen and oxygen atoms in total. The van der Waals surface area contributed by atoms with E-state index < -0.39 is 0 Å². The van der Waals surface area contributed by atoms with Gasteiger partial charge >= 0.3 is 0 Å². The largest absolute Gasteiger partial charge is 0.507 e. The Balaban J connectivity index is 1.90. The average Bonchev–Trinajstić information content (AvgIpc) is 3.03. The number of phenolic OH excluding ortho intramolecular Hbond substituents is 1. The molecule has 0 atom stereocenters. The van der Waals surface area contributed by atoms with Gasteiger partial charge in [-0.3, -0.25) is 9.69 Å². The molecule has 0 aliphatic carbocycles. The summed E-state index contributed by atoms with van der Waals surface area (Å²) < 4.78 is 6.02. The van der Waals surface area contributed by atoms with Crippen LogP contribution in [0.3, 0.4) is 0 Å². The number of ether oxygens (including phenoxy) is 1. The van der Waals surface area contributed by atoms with Crippen molar-refractivity contribution in [1.82, 2.24) is 4.90 Å². The van der Waals surface area contributed by atoms with Gasteiger partial charge in [-0.15, -0.1) is 0 Å². The van der Waals surface area contributed by atoms with Gasteiger partial charge in [-0.25, -0.2) is 0 Å². The lowest BCUT2D eigenvalue weighted by atomic mass is 10.0. The number of allylic oxidation sites excluding steroid dienone is 1. The summed E-state index contributed by atoms with van der Waals surface area (Å²) in [5.41, 5.74) is 3.28. The minimum absolute atomic E-state index is 0.127. The van der Waals surface area contributed by atoms with Crippen molar-refractivity contribution in [3.63, 3.8) is 0 Å². The Bertz CT molecular complexity index is 893. The third kappa shape index (κ3) is 4.88. The van der Waals surface area contributed by atoms with Gasteiger partial charge in [0.25, 0.3) is 0 Å². The summed E-state index contributed by atoms with van der Waals surface area (Å²) in [7, 11) is 0. The predicted octanol–water partition coefficient (Wildman–Crippen LogP) is 5.72. The number of rotatable bonds is 9. The summed E-state index contributed by atoms with van der Waals surface area (Å²) in [6.45, 7) is 8.90. The number of aryl methyl sites for hydroxylation is 1. The summed E-state index contributed by atoms with van der Waals surface area (Å²) in [5, 5.41) is 10.5. The van der Waals surface area contributed by atoms with Gasteiger partial charge in [0.1, 0.15) is 11.5 Å². The third-order valence-corrected chi connectivity index (χ3v) is 5.43. The summed E-state index contributed by atoms with van der Waals surface area (Å²) >= 11 is 0. The minimum atomic E-state index is -0.127. The number of ketones is 1. The highest BCUT2D eigenvalue weighted by atomic mass is 16.5. The van der Waals surface area contributed by atoms with Crippen molar-refractivity contribution in [1.29, 1.82) is 0 Å². The van der Waals surface area contributed by atoms with Gasteiger partial charge in [0.05, 0.1) is 11.1 Å². The lowest BCUT2D eigenvalue weighted by Gasteiger charge is -2.23. The Hall–Kier alpha value is -2.59. The Labute approximate surface area is 173 Å². The molecule has 4 heteroatoms. The molecule has 1 N–H and O–H groups in total. The van der Waals surface area contributed by atoms with Crippen molar-refractivity contribution < 1.29 is 14.6 Å². The standard InChI is InChI=1S/C25H31NO3/c1-4-6-14-26(15-7-5-2)17-21-22(27)13-12-20-24(28)23(29-25(20)21)16-19-11-9-8-10-18(19)3/h8-13,16,27H,4-7,14-15,17H2,1-3H3/b23-16+. The number of carbonyl (C=O) groups excluding carboxylic acids is 1. The molecule has 3 rings (SSSR count). The number of unbranched alkanes of at least 4 members (excludes halogenated alkanes) is 2. The summed E-state index contributed by atoms with van der Waals surface area (Å²) in [5.74, 6) is 0.882. The zero-order chi connectivity index (χ0) is 20.8. The molecule has 2 aromatic rings. The van der Waals surface area contributed by atoms with Gasteiger partial charge in [0.15, 0.2) is 5.76 Å². The van der Waals surface area contributed by atoms with Crippen molar-refractivity contribution in [3.05, 3.63) is 64.4 Å². The summed E-state index contributed by atoms with van der Waals surface area (Å²) in [6, 6.07) is 11.2. The first-order valence-corrected chi connectivity index (χ1v) is 10.6. The van der Waals surface area contributed by atoms with Crippen molar-refractivity contribution in [2.75, 3.05) is 13.1 Å². The number of Topliss-reactive ketones (excluding diaryl/α,β-unsaturated/α-hetero) is 1. The molecular weight excluding hydrogens is 362 g/mol. The van der Waals surface area contributed by atoms with E-state index in [9.17, 15) is 9.90 Å². The zero-order valence-corrected chi connectivity index (χ0v) is 17.7. The molecule has 0 saturated heterocycles.